The first-order valence-corrected chi connectivity index (χ1v) is 4.74. The molecular formula is C9H16N4O2. The summed E-state index contributed by atoms with van der Waals surface area (Å²) < 4.78 is 2.49. The number of nitrogens with zero attached hydrogens (tertiary/aromatic N) is 2. The largest absolute Gasteiger partial charge is 0.330 e. The van der Waals surface area contributed by atoms with Crippen LogP contribution in [0.1, 0.15) is 5.56 Å². The van der Waals surface area contributed by atoms with Gasteiger partial charge >= 0.3 is 5.69 Å². The highest BCUT2D eigenvalue weighted by Gasteiger charge is 2.05. The molecule has 0 amide bonds. The molecular weight excluding hydrogens is 196 g/mol. The number of aromatic nitrogens is 2. The van der Waals surface area contributed by atoms with E-state index < -0.39 is 0 Å². The van der Waals surface area contributed by atoms with Gasteiger partial charge in [-0.05, 0) is 0 Å². The van der Waals surface area contributed by atoms with Crippen LogP contribution in [-0.2, 0) is 20.6 Å². The van der Waals surface area contributed by atoms with Crippen molar-refractivity contribution in [3.05, 3.63) is 32.6 Å². The first kappa shape index (κ1) is 11.7. The summed E-state index contributed by atoms with van der Waals surface area (Å²) in [5.74, 6) is 0. The van der Waals surface area contributed by atoms with E-state index in [-0.39, 0.29) is 11.2 Å². The minimum Gasteiger partial charge on any atom is -0.329 e. The molecule has 84 valence electrons. The van der Waals surface area contributed by atoms with Crippen LogP contribution in [0.2, 0.25) is 0 Å². The lowest BCUT2D eigenvalue weighted by molar-refractivity contribution is 0.633. The molecule has 0 radical (unpaired) electrons. The standard InChI is InChI=1S/C9H16N4O2/c1-12-6-7(5-11-4-3-10)8(14)13(2)9(12)15/h6,11H,3-5,10H2,1-2H3. The van der Waals surface area contributed by atoms with E-state index in [1.54, 1.807) is 13.2 Å². The maximum atomic E-state index is 11.6. The summed E-state index contributed by atoms with van der Waals surface area (Å²) in [6.07, 6.45) is 1.55. The second-order valence-corrected chi connectivity index (χ2v) is 3.38. The zero-order valence-corrected chi connectivity index (χ0v) is 8.99. The molecule has 15 heavy (non-hydrogen) atoms. The van der Waals surface area contributed by atoms with Gasteiger partial charge in [-0.15, -0.1) is 0 Å². The van der Waals surface area contributed by atoms with E-state index in [0.29, 0.717) is 25.2 Å². The lowest BCUT2D eigenvalue weighted by atomic mass is 10.3. The summed E-state index contributed by atoms with van der Waals surface area (Å²) in [4.78, 5) is 23.0. The van der Waals surface area contributed by atoms with Gasteiger partial charge < -0.3 is 15.6 Å². The second kappa shape index (κ2) is 4.90. The van der Waals surface area contributed by atoms with Crippen molar-refractivity contribution in [3.63, 3.8) is 0 Å². The highest BCUT2D eigenvalue weighted by molar-refractivity contribution is 5.05. The number of nitrogens with one attached hydrogen (secondary N) is 1. The van der Waals surface area contributed by atoms with E-state index in [9.17, 15) is 9.59 Å². The minimum absolute atomic E-state index is 0.261. The number of hydrogen-bond acceptors (Lipinski definition) is 4. The Labute approximate surface area is 87.3 Å². The molecule has 1 rings (SSSR count). The van der Waals surface area contributed by atoms with Crippen LogP contribution < -0.4 is 22.3 Å². The fraction of sp³-hybridized carbons (Fsp3) is 0.556. The fourth-order valence-electron chi connectivity index (χ4n) is 1.33. The van der Waals surface area contributed by atoms with Gasteiger partial charge in [0.2, 0.25) is 0 Å². The van der Waals surface area contributed by atoms with Crippen molar-refractivity contribution in [2.24, 2.45) is 19.8 Å². The van der Waals surface area contributed by atoms with Crippen molar-refractivity contribution in [2.45, 2.75) is 6.54 Å². The van der Waals surface area contributed by atoms with Crippen LogP contribution in [0, 0.1) is 0 Å². The summed E-state index contributed by atoms with van der Waals surface area (Å²) in [7, 11) is 3.09. The third kappa shape index (κ3) is 2.54. The highest BCUT2D eigenvalue weighted by Crippen LogP contribution is 1.86. The molecule has 1 aromatic rings. The average molecular weight is 212 g/mol. The Morgan fingerprint density at radius 2 is 2.07 bits per heavy atom. The minimum atomic E-state index is -0.317. The Hall–Kier alpha value is -1.40. The van der Waals surface area contributed by atoms with Gasteiger partial charge in [0.05, 0.1) is 0 Å². The molecule has 0 atom stereocenters. The molecule has 0 spiro atoms. The molecule has 1 aromatic heterocycles. The summed E-state index contributed by atoms with van der Waals surface area (Å²) >= 11 is 0. The second-order valence-electron chi connectivity index (χ2n) is 3.38. The third-order valence-corrected chi connectivity index (χ3v) is 2.15. The van der Waals surface area contributed by atoms with Gasteiger partial charge in [-0.2, -0.15) is 0 Å². The summed E-state index contributed by atoms with van der Waals surface area (Å²) in [6, 6.07) is 0. The number of rotatable bonds is 4. The average Bonchev–Trinajstić information content (AvgIpc) is 2.23. The predicted molar refractivity (Wildman–Crippen MR) is 57.7 cm³/mol. The Bertz CT molecular complexity index is 446. The zero-order chi connectivity index (χ0) is 11.4. The van der Waals surface area contributed by atoms with E-state index in [1.807, 2.05) is 0 Å². The van der Waals surface area contributed by atoms with Crippen LogP contribution in [0.5, 0.6) is 0 Å². The van der Waals surface area contributed by atoms with Crippen LogP contribution in [0.25, 0.3) is 0 Å². The number of hydrogen-bond donors (Lipinski definition) is 2. The summed E-state index contributed by atoms with van der Waals surface area (Å²) in [6.45, 7) is 1.59. The van der Waals surface area contributed by atoms with Crippen LogP contribution >= 0.6 is 0 Å². The highest BCUT2D eigenvalue weighted by atomic mass is 16.2. The summed E-state index contributed by atoms with van der Waals surface area (Å²) in [5, 5.41) is 3.01. The lowest BCUT2D eigenvalue weighted by Gasteiger charge is -2.07. The van der Waals surface area contributed by atoms with Crippen LogP contribution in [0.4, 0.5) is 0 Å². The van der Waals surface area contributed by atoms with Crippen molar-refractivity contribution >= 4 is 0 Å². The molecule has 0 aliphatic heterocycles. The quantitative estimate of drug-likeness (QED) is 0.573. The van der Waals surface area contributed by atoms with Gasteiger partial charge in [-0.3, -0.25) is 9.36 Å². The Morgan fingerprint density at radius 1 is 1.40 bits per heavy atom. The molecule has 0 aliphatic carbocycles. The molecule has 0 saturated carbocycles. The van der Waals surface area contributed by atoms with E-state index in [2.05, 4.69) is 5.32 Å². The van der Waals surface area contributed by atoms with Gasteiger partial charge in [-0.1, -0.05) is 0 Å². The van der Waals surface area contributed by atoms with Gasteiger partial charge in [-0.25, -0.2) is 4.79 Å². The Balaban J connectivity index is 3.00. The van der Waals surface area contributed by atoms with Crippen molar-refractivity contribution < 1.29 is 0 Å². The monoisotopic (exact) mass is 212 g/mol. The molecule has 6 heteroatoms. The van der Waals surface area contributed by atoms with Crippen molar-refractivity contribution in [1.82, 2.24) is 14.5 Å². The predicted octanol–water partition coefficient (Wildman–Crippen LogP) is -1.87. The number of nitrogens with two attached hydrogens (primary N) is 1. The lowest BCUT2D eigenvalue weighted by Crippen LogP contribution is -2.39. The topological polar surface area (TPSA) is 82.1 Å². The Kier molecular flexibility index (Phi) is 3.81. The Morgan fingerprint density at radius 3 is 2.67 bits per heavy atom. The molecule has 1 heterocycles. The third-order valence-electron chi connectivity index (χ3n) is 2.15. The SMILES string of the molecule is Cn1cc(CNCCN)c(=O)n(C)c1=O. The normalized spacial score (nSPS) is 10.6. The maximum absolute atomic E-state index is 11.6. The van der Waals surface area contributed by atoms with Gasteiger partial charge in [0.1, 0.15) is 0 Å². The van der Waals surface area contributed by atoms with Crippen molar-refractivity contribution in [2.75, 3.05) is 13.1 Å². The van der Waals surface area contributed by atoms with Gasteiger partial charge in [0.15, 0.2) is 0 Å². The zero-order valence-electron chi connectivity index (χ0n) is 8.99. The molecule has 0 unspecified atom stereocenters. The van der Waals surface area contributed by atoms with E-state index in [4.69, 9.17) is 5.73 Å². The molecule has 6 nitrogen and oxygen atoms in total. The van der Waals surface area contributed by atoms with Gasteiger partial charge in [0.25, 0.3) is 5.56 Å². The smallest absolute Gasteiger partial charge is 0.329 e. The molecule has 0 bridgehead atoms. The van der Waals surface area contributed by atoms with E-state index in [1.165, 1.54) is 11.6 Å². The van der Waals surface area contributed by atoms with Crippen LogP contribution in [0.3, 0.4) is 0 Å². The van der Waals surface area contributed by atoms with Crippen LogP contribution in [-0.4, -0.2) is 22.2 Å². The van der Waals surface area contributed by atoms with E-state index in [0.717, 1.165) is 4.57 Å². The first-order chi connectivity index (χ1) is 7.07. The molecule has 0 aromatic carbocycles. The van der Waals surface area contributed by atoms with Crippen molar-refractivity contribution in [1.29, 1.82) is 0 Å². The molecule has 0 aliphatic rings. The molecule has 3 N–H and O–H groups in total. The first-order valence-electron chi connectivity index (χ1n) is 4.74. The van der Waals surface area contributed by atoms with Crippen molar-refractivity contribution in [3.8, 4) is 0 Å². The fourth-order valence-corrected chi connectivity index (χ4v) is 1.33. The summed E-state index contributed by atoms with van der Waals surface area (Å²) in [5.41, 5.74) is 5.30. The van der Waals surface area contributed by atoms with E-state index >= 15 is 0 Å². The van der Waals surface area contributed by atoms with Crippen LogP contribution in [0.15, 0.2) is 15.8 Å². The molecule has 0 fully saturated rings. The maximum Gasteiger partial charge on any atom is 0.330 e. The molecule has 0 saturated heterocycles. The van der Waals surface area contributed by atoms with Gasteiger partial charge in [0, 0.05) is 45.5 Å². The number of aryl methyl sites for hydroxylation is 1.